The maximum absolute atomic E-state index is 13.8. The Labute approximate surface area is 180 Å². The van der Waals surface area contributed by atoms with Crippen LogP contribution in [-0.4, -0.2) is 31.5 Å². The van der Waals surface area contributed by atoms with Crippen molar-refractivity contribution in [1.82, 2.24) is 10.6 Å². The Morgan fingerprint density at radius 1 is 1.32 bits per heavy atom. The first-order chi connectivity index (χ1) is 12.9. The lowest BCUT2D eigenvalue weighted by Gasteiger charge is -2.24. The largest absolute Gasteiger partial charge is 0.467 e. The Kier molecular flexibility index (Phi) is 7.67. The van der Waals surface area contributed by atoms with Crippen LogP contribution >= 0.6 is 24.0 Å². The average Bonchev–Trinajstić information content (AvgIpc) is 3.09. The van der Waals surface area contributed by atoms with E-state index in [2.05, 4.69) is 15.6 Å². The lowest BCUT2D eigenvalue weighted by molar-refractivity contribution is -0.0173. The van der Waals surface area contributed by atoms with Crippen molar-refractivity contribution in [3.63, 3.8) is 0 Å². The third kappa shape index (κ3) is 5.36. The average molecular weight is 505 g/mol. The molecule has 3 rings (SSSR count). The normalized spacial score (nSPS) is 15.7. The summed E-state index contributed by atoms with van der Waals surface area (Å²) in [7, 11) is 1.62. The van der Waals surface area contributed by atoms with Crippen LogP contribution in [0.4, 0.5) is 4.39 Å². The van der Waals surface area contributed by atoms with Crippen LogP contribution in [0, 0.1) is 12.7 Å². The summed E-state index contributed by atoms with van der Waals surface area (Å²) in [4.78, 5) is 4.13. The van der Waals surface area contributed by atoms with Gasteiger partial charge in [0.05, 0.1) is 13.2 Å². The van der Waals surface area contributed by atoms with E-state index in [9.17, 15) is 9.50 Å². The van der Waals surface area contributed by atoms with Crippen LogP contribution in [0.15, 0.2) is 33.7 Å². The number of nitrogens with zero attached hydrogens (tertiary/aromatic N) is 1. The van der Waals surface area contributed by atoms with E-state index in [1.54, 1.807) is 26.1 Å². The minimum absolute atomic E-state index is 0. The Hall–Kier alpha value is -1.85. The Bertz CT molecular complexity index is 839. The van der Waals surface area contributed by atoms with Crippen LogP contribution in [0.25, 0.3) is 0 Å². The monoisotopic (exact) mass is 505 g/mol. The second-order valence-corrected chi connectivity index (χ2v) is 6.63. The number of benzene rings is 1. The Morgan fingerprint density at radius 3 is 2.79 bits per heavy atom. The molecule has 0 saturated heterocycles. The van der Waals surface area contributed by atoms with Crippen molar-refractivity contribution in [2.75, 3.05) is 20.4 Å². The first kappa shape index (κ1) is 22.4. The summed E-state index contributed by atoms with van der Waals surface area (Å²) in [6.45, 7) is 4.43. The minimum Gasteiger partial charge on any atom is -0.467 e. The van der Waals surface area contributed by atoms with Gasteiger partial charge >= 0.3 is 0 Å². The van der Waals surface area contributed by atoms with Gasteiger partial charge in [0.2, 0.25) is 0 Å². The number of ether oxygens (including phenoxy) is 2. The van der Waals surface area contributed by atoms with E-state index < -0.39 is 5.60 Å². The second-order valence-electron chi connectivity index (χ2n) is 6.63. The summed E-state index contributed by atoms with van der Waals surface area (Å²) in [6.07, 6.45) is 0. The number of aliphatic imine (C=N–C) groups is 1. The van der Waals surface area contributed by atoms with E-state index in [4.69, 9.17) is 13.9 Å². The summed E-state index contributed by atoms with van der Waals surface area (Å²) < 4.78 is 30.0. The molecular weight excluding hydrogens is 480 g/mol. The Balaban J connectivity index is 0.00000280. The molecule has 0 aliphatic carbocycles. The number of aryl methyl sites for hydroxylation is 1. The van der Waals surface area contributed by atoms with Gasteiger partial charge in [0, 0.05) is 24.7 Å². The van der Waals surface area contributed by atoms with Gasteiger partial charge in [-0.2, -0.15) is 0 Å². The molecule has 2 aromatic rings. The molecule has 0 saturated carbocycles. The van der Waals surface area contributed by atoms with Gasteiger partial charge in [0.15, 0.2) is 12.8 Å². The summed E-state index contributed by atoms with van der Waals surface area (Å²) in [6, 6.07) is 6.37. The number of hydrogen-bond acceptors (Lipinski definition) is 5. The van der Waals surface area contributed by atoms with Crippen molar-refractivity contribution in [1.29, 1.82) is 0 Å². The number of halogens is 2. The first-order valence-corrected chi connectivity index (χ1v) is 8.64. The van der Waals surface area contributed by atoms with Crippen molar-refractivity contribution >= 4 is 29.9 Å². The molecule has 0 radical (unpaired) electrons. The van der Waals surface area contributed by atoms with Gasteiger partial charge in [-0.15, -0.1) is 24.0 Å². The van der Waals surface area contributed by atoms with E-state index in [0.29, 0.717) is 41.7 Å². The van der Waals surface area contributed by atoms with Crippen molar-refractivity contribution in [2.45, 2.75) is 32.6 Å². The van der Waals surface area contributed by atoms with Crippen molar-refractivity contribution in [3.8, 4) is 5.75 Å². The fraction of sp³-hybridized carbons (Fsp3) is 0.421. The maximum atomic E-state index is 13.8. The molecule has 2 heterocycles. The molecule has 0 amide bonds. The van der Waals surface area contributed by atoms with E-state index in [0.717, 1.165) is 5.76 Å². The zero-order chi connectivity index (χ0) is 19.4. The van der Waals surface area contributed by atoms with Crippen LogP contribution in [0.5, 0.6) is 5.75 Å². The third-order valence-corrected chi connectivity index (χ3v) is 4.29. The highest BCUT2D eigenvalue weighted by molar-refractivity contribution is 14.0. The van der Waals surface area contributed by atoms with Gasteiger partial charge < -0.3 is 29.6 Å². The van der Waals surface area contributed by atoms with Gasteiger partial charge in [-0.25, -0.2) is 4.39 Å². The molecule has 1 atom stereocenters. The number of furan rings is 1. The molecule has 1 aliphatic rings. The summed E-state index contributed by atoms with van der Waals surface area (Å²) >= 11 is 0. The minimum atomic E-state index is -1.20. The molecule has 1 aromatic carbocycles. The number of rotatable bonds is 5. The maximum Gasteiger partial charge on any atom is 0.191 e. The molecule has 0 fully saturated rings. The predicted octanol–water partition coefficient (Wildman–Crippen LogP) is 2.78. The van der Waals surface area contributed by atoms with Gasteiger partial charge in [-0.1, -0.05) is 0 Å². The lowest BCUT2D eigenvalue weighted by atomic mass is 10.0. The summed E-state index contributed by atoms with van der Waals surface area (Å²) in [5.74, 6) is 1.94. The molecule has 154 valence electrons. The fourth-order valence-corrected chi connectivity index (χ4v) is 2.85. The number of guanidine groups is 1. The molecule has 1 aliphatic heterocycles. The van der Waals surface area contributed by atoms with Crippen LogP contribution in [0.3, 0.4) is 0 Å². The fourth-order valence-electron chi connectivity index (χ4n) is 2.85. The van der Waals surface area contributed by atoms with E-state index in [1.807, 2.05) is 6.92 Å². The zero-order valence-corrected chi connectivity index (χ0v) is 18.4. The van der Waals surface area contributed by atoms with Crippen molar-refractivity contribution < 1.29 is 23.4 Å². The summed E-state index contributed by atoms with van der Waals surface area (Å²) in [5.41, 5.74) is 0.145. The molecule has 0 spiro atoms. The van der Waals surface area contributed by atoms with Gasteiger partial charge in [-0.05, 0) is 38.1 Å². The first-order valence-electron chi connectivity index (χ1n) is 8.64. The summed E-state index contributed by atoms with van der Waals surface area (Å²) in [5, 5.41) is 16.8. The quantitative estimate of drug-likeness (QED) is 0.329. The second kappa shape index (κ2) is 9.57. The van der Waals surface area contributed by atoms with Gasteiger partial charge in [-0.3, -0.25) is 4.99 Å². The molecule has 1 unspecified atom stereocenters. The van der Waals surface area contributed by atoms with Crippen molar-refractivity contribution in [3.05, 3.63) is 52.7 Å². The van der Waals surface area contributed by atoms with E-state index in [-0.39, 0.29) is 43.1 Å². The molecular formula is C19H25FIN3O4. The zero-order valence-electron chi connectivity index (χ0n) is 16.0. The van der Waals surface area contributed by atoms with Crippen LogP contribution in [0.2, 0.25) is 0 Å². The van der Waals surface area contributed by atoms with E-state index in [1.165, 1.54) is 12.1 Å². The highest BCUT2D eigenvalue weighted by atomic mass is 127. The van der Waals surface area contributed by atoms with E-state index >= 15 is 0 Å². The smallest absolute Gasteiger partial charge is 0.191 e. The predicted molar refractivity (Wildman–Crippen MR) is 113 cm³/mol. The molecule has 7 nitrogen and oxygen atoms in total. The molecule has 3 N–H and O–H groups in total. The number of nitrogens with one attached hydrogen (secondary N) is 2. The van der Waals surface area contributed by atoms with Crippen molar-refractivity contribution in [2.24, 2.45) is 4.99 Å². The number of fused-ring (bicyclic) bond motifs is 1. The SMILES string of the molecule is CN=C(NCc1cc(F)cc2c1OCOC2)NCC(C)(O)c1ccc(C)o1.I. The van der Waals surface area contributed by atoms with Crippen LogP contribution in [0.1, 0.15) is 29.6 Å². The molecule has 9 heteroatoms. The van der Waals surface area contributed by atoms with Crippen LogP contribution < -0.4 is 15.4 Å². The third-order valence-electron chi connectivity index (χ3n) is 4.29. The number of aliphatic hydroxyl groups is 1. The lowest BCUT2D eigenvalue weighted by Crippen LogP contribution is -2.44. The van der Waals surface area contributed by atoms with Gasteiger partial charge in [0.25, 0.3) is 0 Å². The van der Waals surface area contributed by atoms with Gasteiger partial charge in [0.1, 0.15) is 28.7 Å². The highest BCUT2D eigenvalue weighted by Gasteiger charge is 2.27. The molecule has 0 bridgehead atoms. The molecule has 1 aromatic heterocycles. The standard InChI is InChI=1S/C19H24FN3O4.HI/c1-12-4-5-16(27-12)19(2,24)10-23-18(21-3)22-8-13-6-15(20)7-14-9-25-11-26-17(13)14;/h4-7,24H,8-11H2,1-3H3,(H2,21,22,23);1H. The highest BCUT2D eigenvalue weighted by Crippen LogP contribution is 2.29. The van der Waals surface area contributed by atoms with Crippen LogP contribution in [-0.2, 0) is 23.5 Å². The topological polar surface area (TPSA) is 88.3 Å². The number of hydrogen-bond donors (Lipinski definition) is 3. The Morgan fingerprint density at radius 2 is 2.11 bits per heavy atom. The molecule has 28 heavy (non-hydrogen) atoms.